The highest BCUT2D eigenvalue weighted by Gasteiger charge is 2.18. The summed E-state index contributed by atoms with van der Waals surface area (Å²) in [6, 6.07) is 4.18. The van der Waals surface area contributed by atoms with Crippen LogP contribution in [0.3, 0.4) is 0 Å². The Morgan fingerprint density at radius 2 is 2.20 bits per heavy atom. The van der Waals surface area contributed by atoms with E-state index < -0.39 is 0 Å². The Kier molecular flexibility index (Phi) is 3.69. The van der Waals surface area contributed by atoms with Gasteiger partial charge in [0.15, 0.2) is 0 Å². The number of hydrogen-bond donors (Lipinski definition) is 1. The van der Waals surface area contributed by atoms with Crippen LogP contribution in [0.1, 0.15) is 18.4 Å². The van der Waals surface area contributed by atoms with Crippen molar-refractivity contribution in [1.29, 1.82) is 0 Å². The molecule has 0 radical (unpaired) electrons. The van der Waals surface area contributed by atoms with Crippen molar-refractivity contribution >= 4 is 0 Å². The molecule has 0 aliphatic carbocycles. The number of piperidine rings is 1. The molecule has 2 N–H and O–H groups in total. The number of hydrogen-bond acceptors (Lipinski definition) is 3. The molecule has 2 heterocycles. The van der Waals surface area contributed by atoms with Crippen LogP contribution in [-0.2, 0) is 6.54 Å². The monoisotopic (exact) mass is 205 g/mol. The van der Waals surface area contributed by atoms with Gasteiger partial charge in [-0.15, -0.1) is 0 Å². The first-order valence-corrected chi connectivity index (χ1v) is 5.70. The van der Waals surface area contributed by atoms with E-state index in [1.807, 2.05) is 12.4 Å². The molecule has 1 unspecified atom stereocenters. The molecule has 0 aromatic carbocycles. The number of likely N-dealkylation sites (tertiary alicyclic amines) is 1. The average Bonchev–Trinajstić information content (AvgIpc) is 2.31. The minimum absolute atomic E-state index is 0.695. The molecule has 2 rings (SSSR count). The molecule has 1 atom stereocenters. The molecule has 0 amide bonds. The Bertz CT molecular complexity index is 286. The zero-order valence-electron chi connectivity index (χ0n) is 9.10. The van der Waals surface area contributed by atoms with Crippen molar-refractivity contribution in [3.63, 3.8) is 0 Å². The standard InChI is InChI=1S/C12H19N3/c13-8-12-2-1-7-15(10-12)9-11-3-5-14-6-4-11/h3-6,12H,1-2,7-10,13H2. The van der Waals surface area contributed by atoms with E-state index >= 15 is 0 Å². The fourth-order valence-corrected chi connectivity index (χ4v) is 2.23. The Morgan fingerprint density at radius 3 is 2.93 bits per heavy atom. The van der Waals surface area contributed by atoms with Gasteiger partial charge < -0.3 is 5.73 Å². The molecule has 1 aliphatic heterocycles. The van der Waals surface area contributed by atoms with E-state index in [-0.39, 0.29) is 0 Å². The Balaban J connectivity index is 1.89. The fraction of sp³-hybridized carbons (Fsp3) is 0.583. The van der Waals surface area contributed by atoms with Crippen LogP contribution in [0.2, 0.25) is 0 Å². The van der Waals surface area contributed by atoms with Crippen LogP contribution < -0.4 is 5.73 Å². The van der Waals surface area contributed by atoms with Gasteiger partial charge >= 0.3 is 0 Å². The van der Waals surface area contributed by atoms with Gasteiger partial charge in [0.05, 0.1) is 0 Å². The topological polar surface area (TPSA) is 42.1 Å². The lowest BCUT2D eigenvalue weighted by molar-refractivity contribution is 0.171. The van der Waals surface area contributed by atoms with E-state index in [1.165, 1.54) is 24.9 Å². The highest BCUT2D eigenvalue weighted by molar-refractivity contribution is 5.09. The first-order valence-electron chi connectivity index (χ1n) is 5.70. The van der Waals surface area contributed by atoms with Crippen molar-refractivity contribution in [3.05, 3.63) is 30.1 Å². The summed E-state index contributed by atoms with van der Waals surface area (Å²) in [6.45, 7) is 4.23. The summed E-state index contributed by atoms with van der Waals surface area (Å²) in [7, 11) is 0. The number of pyridine rings is 1. The van der Waals surface area contributed by atoms with Gasteiger partial charge in [0.2, 0.25) is 0 Å². The van der Waals surface area contributed by atoms with E-state index in [0.717, 1.165) is 19.6 Å². The van der Waals surface area contributed by atoms with E-state index in [1.54, 1.807) is 0 Å². The van der Waals surface area contributed by atoms with Crippen molar-refractivity contribution in [1.82, 2.24) is 9.88 Å². The smallest absolute Gasteiger partial charge is 0.0271 e. The lowest BCUT2D eigenvalue weighted by atomic mass is 9.98. The van der Waals surface area contributed by atoms with Gasteiger partial charge in [-0.25, -0.2) is 0 Å². The summed E-state index contributed by atoms with van der Waals surface area (Å²) >= 11 is 0. The van der Waals surface area contributed by atoms with Gasteiger partial charge in [0.25, 0.3) is 0 Å². The van der Waals surface area contributed by atoms with Crippen LogP contribution in [0.15, 0.2) is 24.5 Å². The Hall–Kier alpha value is -0.930. The van der Waals surface area contributed by atoms with Gasteiger partial charge in [-0.2, -0.15) is 0 Å². The maximum atomic E-state index is 5.72. The molecule has 0 bridgehead atoms. The average molecular weight is 205 g/mol. The molecule has 1 saturated heterocycles. The van der Waals surface area contributed by atoms with Crippen molar-refractivity contribution < 1.29 is 0 Å². The Morgan fingerprint density at radius 1 is 1.40 bits per heavy atom. The molecule has 15 heavy (non-hydrogen) atoms. The fourth-order valence-electron chi connectivity index (χ4n) is 2.23. The van der Waals surface area contributed by atoms with E-state index in [9.17, 15) is 0 Å². The number of nitrogens with zero attached hydrogens (tertiary/aromatic N) is 2. The van der Waals surface area contributed by atoms with Crippen LogP contribution in [0.5, 0.6) is 0 Å². The summed E-state index contributed by atoms with van der Waals surface area (Å²) in [5.74, 6) is 0.695. The molecule has 3 heteroatoms. The van der Waals surface area contributed by atoms with Gasteiger partial charge in [-0.1, -0.05) is 0 Å². The molecule has 1 aromatic rings. The largest absolute Gasteiger partial charge is 0.330 e. The highest BCUT2D eigenvalue weighted by atomic mass is 15.1. The van der Waals surface area contributed by atoms with Crippen molar-refractivity contribution in [3.8, 4) is 0 Å². The number of aromatic nitrogens is 1. The van der Waals surface area contributed by atoms with Crippen molar-refractivity contribution in [2.24, 2.45) is 11.7 Å². The minimum atomic E-state index is 0.695. The molecule has 1 aromatic heterocycles. The van der Waals surface area contributed by atoms with Gasteiger partial charge in [0.1, 0.15) is 0 Å². The van der Waals surface area contributed by atoms with Crippen LogP contribution in [0, 0.1) is 5.92 Å². The summed E-state index contributed by atoms with van der Waals surface area (Å²) in [6.07, 6.45) is 6.30. The molecular formula is C12H19N3. The molecule has 1 fully saturated rings. The summed E-state index contributed by atoms with van der Waals surface area (Å²) in [4.78, 5) is 6.53. The highest BCUT2D eigenvalue weighted by Crippen LogP contribution is 2.17. The van der Waals surface area contributed by atoms with Crippen LogP contribution in [0.4, 0.5) is 0 Å². The maximum Gasteiger partial charge on any atom is 0.0271 e. The molecular weight excluding hydrogens is 186 g/mol. The normalized spacial score (nSPS) is 22.9. The predicted octanol–water partition coefficient (Wildman–Crippen LogP) is 1.25. The third-order valence-electron chi connectivity index (χ3n) is 3.09. The predicted molar refractivity (Wildman–Crippen MR) is 61.3 cm³/mol. The zero-order chi connectivity index (χ0) is 10.5. The molecule has 82 valence electrons. The third-order valence-corrected chi connectivity index (χ3v) is 3.09. The van der Waals surface area contributed by atoms with E-state index in [0.29, 0.717) is 5.92 Å². The van der Waals surface area contributed by atoms with E-state index in [4.69, 9.17) is 5.73 Å². The number of rotatable bonds is 3. The van der Waals surface area contributed by atoms with Crippen molar-refractivity contribution in [2.45, 2.75) is 19.4 Å². The molecule has 1 aliphatic rings. The molecule has 3 nitrogen and oxygen atoms in total. The summed E-state index contributed by atoms with van der Waals surface area (Å²) in [5.41, 5.74) is 7.07. The van der Waals surface area contributed by atoms with Crippen LogP contribution in [-0.4, -0.2) is 29.5 Å². The molecule has 0 spiro atoms. The second-order valence-corrected chi connectivity index (χ2v) is 4.33. The zero-order valence-corrected chi connectivity index (χ0v) is 9.10. The summed E-state index contributed by atoms with van der Waals surface area (Å²) in [5, 5.41) is 0. The minimum Gasteiger partial charge on any atom is -0.330 e. The number of nitrogens with two attached hydrogens (primary N) is 1. The molecule has 0 saturated carbocycles. The van der Waals surface area contributed by atoms with E-state index in [2.05, 4.69) is 22.0 Å². The first kappa shape index (κ1) is 10.6. The second-order valence-electron chi connectivity index (χ2n) is 4.33. The first-order chi connectivity index (χ1) is 7.38. The quantitative estimate of drug-likeness (QED) is 0.807. The van der Waals surface area contributed by atoms with Crippen LogP contribution in [0.25, 0.3) is 0 Å². The lowest BCUT2D eigenvalue weighted by Gasteiger charge is -2.32. The third kappa shape index (κ3) is 3.01. The summed E-state index contributed by atoms with van der Waals surface area (Å²) < 4.78 is 0. The van der Waals surface area contributed by atoms with Crippen molar-refractivity contribution in [2.75, 3.05) is 19.6 Å². The van der Waals surface area contributed by atoms with Crippen LogP contribution >= 0.6 is 0 Å². The Labute approximate surface area is 91.3 Å². The maximum absolute atomic E-state index is 5.72. The van der Waals surface area contributed by atoms with Gasteiger partial charge in [0, 0.05) is 25.5 Å². The SMILES string of the molecule is NCC1CCCN(Cc2ccncc2)C1. The van der Waals surface area contributed by atoms with Gasteiger partial charge in [-0.3, -0.25) is 9.88 Å². The lowest BCUT2D eigenvalue weighted by Crippen LogP contribution is -2.37. The van der Waals surface area contributed by atoms with Gasteiger partial charge in [-0.05, 0) is 49.5 Å². The second kappa shape index (κ2) is 5.24.